The van der Waals surface area contributed by atoms with Crippen LogP contribution in [0, 0.1) is 0 Å². The highest BCUT2D eigenvalue weighted by molar-refractivity contribution is 5.92. The summed E-state index contributed by atoms with van der Waals surface area (Å²) in [4.78, 5) is 11.8. The molecule has 0 unspecified atom stereocenters. The quantitative estimate of drug-likeness (QED) is 0.803. The van der Waals surface area contributed by atoms with E-state index in [9.17, 15) is 18.0 Å². The molecule has 0 saturated carbocycles. The summed E-state index contributed by atoms with van der Waals surface area (Å²) in [6.45, 7) is 0.182. The van der Waals surface area contributed by atoms with Crippen molar-refractivity contribution in [3.63, 3.8) is 0 Å². The van der Waals surface area contributed by atoms with E-state index in [2.05, 4.69) is 10.1 Å². The summed E-state index contributed by atoms with van der Waals surface area (Å²) in [6.07, 6.45) is -1.74. The molecule has 7 heteroatoms. The lowest BCUT2D eigenvalue weighted by molar-refractivity contribution is -0.274. The number of para-hydroxylation sites is 1. The summed E-state index contributed by atoms with van der Waals surface area (Å²) < 4.78 is 45.2. The number of carbonyl (C=O) groups excluding carboxylic acids is 1. The molecule has 0 aliphatic rings. The van der Waals surface area contributed by atoms with Gasteiger partial charge in [-0.1, -0.05) is 30.3 Å². The predicted octanol–water partition coefficient (Wildman–Crippen LogP) is 3.92. The topological polar surface area (TPSA) is 47.6 Å². The van der Waals surface area contributed by atoms with Gasteiger partial charge in [0, 0.05) is 18.2 Å². The first-order valence-electron chi connectivity index (χ1n) is 7.31. The van der Waals surface area contributed by atoms with Crippen LogP contribution in [0.1, 0.15) is 11.1 Å². The summed E-state index contributed by atoms with van der Waals surface area (Å²) in [7, 11) is 1.54. The third kappa shape index (κ3) is 6.21. The molecule has 132 valence electrons. The predicted molar refractivity (Wildman–Crippen MR) is 87.0 cm³/mol. The average Bonchev–Trinajstić information content (AvgIpc) is 2.58. The Labute approximate surface area is 142 Å². The molecule has 0 heterocycles. The molecule has 2 aromatic carbocycles. The molecule has 0 atom stereocenters. The van der Waals surface area contributed by atoms with Crippen molar-refractivity contribution in [1.29, 1.82) is 0 Å². The molecule has 0 aromatic heterocycles. The van der Waals surface area contributed by atoms with Gasteiger partial charge in [-0.2, -0.15) is 0 Å². The second kappa shape index (κ2) is 8.23. The Kier molecular flexibility index (Phi) is 6.05. The molecule has 2 rings (SSSR count). The van der Waals surface area contributed by atoms with E-state index in [1.165, 1.54) is 30.3 Å². The number of halogens is 3. The maximum absolute atomic E-state index is 12.1. The van der Waals surface area contributed by atoms with Crippen molar-refractivity contribution >= 4 is 12.0 Å². The number of ether oxygens (including phenoxy) is 2. The molecule has 1 N–H and O–H groups in total. The van der Waals surface area contributed by atoms with Crippen LogP contribution in [0.3, 0.4) is 0 Å². The third-order valence-electron chi connectivity index (χ3n) is 3.18. The van der Waals surface area contributed by atoms with Crippen LogP contribution in [0.15, 0.2) is 54.6 Å². The lowest BCUT2D eigenvalue weighted by Gasteiger charge is -2.09. The molecule has 25 heavy (non-hydrogen) atoms. The number of carbonyl (C=O) groups is 1. The van der Waals surface area contributed by atoms with Gasteiger partial charge in [-0.25, -0.2) is 0 Å². The molecule has 4 nitrogen and oxygen atoms in total. The SMILES string of the molecule is COc1ccccc1/C=C/C(=O)NCc1ccc(OC(F)(F)F)cc1. The minimum absolute atomic E-state index is 0.182. The van der Waals surface area contributed by atoms with Crippen LogP contribution >= 0.6 is 0 Å². The van der Waals surface area contributed by atoms with Gasteiger partial charge < -0.3 is 14.8 Å². The van der Waals surface area contributed by atoms with Crippen molar-refractivity contribution in [3.8, 4) is 11.5 Å². The molecule has 0 fully saturated rings. The van der Waals surface area contributed by atoms with Gasteiger partial charge in [-0.15, -0.1) is 13.2 Å². The highest BCUT2D eigenvalue weighted by Gasteiger charge is 2.30. The van der Waals surface area contributed by atoms with E-state index in [4.69, 9.17) is 4.74 Å². The number of nitrogens with one attached hydrogen (secondary N) is 1. The second-order valence-electron chi connectivity index (χ2n) is 4.98. The molecular weight excluding hydrogens is 335 g/mol. The van der Waals surface area contributed by atoms with E-state index in [0.29, 0.717) is 11.3 Å². The monoisotopic (exact) mass is 351 g/mol. The zero-order valence-electron chi connectivity index (χ0n) is 13.3. The number of alkyl halides is 3. The molecular formula is C18H16F3NO3. The van der Waals surface area contributed by atoms with E-state index >= 15 is 0 Å². The first kappa shape index (κ1) is 18.4. The van der Waals surface area contributed by atoms with Crippen molar-refractivity contribution in [2.24, 2.45) is 0 Å². The molecule has 0 spiro atoms. The van der Waals surface area contributed by atoms with E-state index in [0.717, 1.165) is 5.56 Å². The minimum Gasteiger partial charge on any atom is -0.496 e. The summed E-state index contributed by atoms with van der Waals surface area (Å²) >= 11 is 0. The van der Waals surface area contributed by atoms with Crippen molar-refractivity contribution in [2.45, 2.75) is 12.9 Å². The largest absolute Gasteiger partial charge is 0.573 e. The van der Waals surface area contributed by atoms with Gasteiger partial charge >= 0.3 is 6.36 Å². The smallest absolute Gasteiger partial charge is 0.496 e. The number of amides is 1. The van der Waals surface area contributed by atoms with E-state index in [-0.39, 0.29) is 18.2 Å². The van der Waals surface area contributed by atoms with Crippen LogP contribution in [0.2, 0.25) is 0 Å². The first-order chi connectivity index (χ1) is 11.9. The van der Waals surface area contributed by atoms with E-state index in [1.54, 1.807) is 19.3 Å². The number of rotatable bonds is 6. The summed E-state index contributed by atoms with van der Waals surface area (Å²) in [5.41, 5.74) is 1.40. The van der Waals surface area contributed by atoms with Crippen molar-refractivity contribution < 1.29 is 27.4 Å². The average molecular weight is 351 g/mol. The van der Waals surface area contributed by atoms with E-state index < -0.39 is 6.36 Å². The molecule has 0 saturated heterocycles. The number of hydrogen-bond acceptors (Lipinski definition) is 3. The van der Waals surface area contributed by atoms with Gasteiger partial charge in [-0.3, -0.25) is 4.79 Å². The lowest BCUT2D eigenvalue weighted by Crippen LogP contribution is -2.20. The Balaban J connectivity index is 1.88. The molecule has 2 aromatic rings. The molecule has 1 amide bonds. The number of methoxy groups -OCH3 is 1. The maximum atomic E-state index is 12.1. The Morgan fingerprint density at radius 3 is 2.44 bits per heavy atom. The maximum Gasteiger partial charge on any atom is 0.573 e. The fourth-order valence-corrected chi connectivity index (χ4v) is 2.03. The third-order valence-corrected chi connectivity index (χ3v) is 3.18. The minimum atomic E-state index is -4.72. The lowest BCUT2D eigenvalue weighted by atomic mass is 10.2. The van der Waals surface area contributed by atoms with Crippen LogP contribution in [-0.2, 0) is 11.3 Å². The highest BCUT2D eigenvalue weighted by Crippen LogP contribution is 2.22. The molecule has 0 bridgehead atoms. The fraction of sp³-hybridized carbons (Fsp3) is 0.167. The summed E-state index contributed by atoms with van der Waals surface area (Å²) in [5.74, 6) is 0.00646. The fourth-order valence-electron chi connectivity index (χ4n) is 2.03. The first-order valence-corrected chi connectivity index (χ1v) is 7.31. The van der Waals surface area contributed by atoms with Gasteiger partial charge in [0.15, 0.2) is 0 Å². The number of benzene rings is 2. The zero-order chi connectivity index (χ0) is 18.3. The Hall–Kier alpha value is -2.96. The molecule has 0 aliphatic heterocycles. The zero-order valence-corrected chi connectivity index (χ0v) is 13.3. The van der Waals surface area contributed by atoms with E-state index in [1.807, 2.05) is 18.2 Å². The normalized spacial score (nSPS) is 11.4. The Bertz CT molecular complexity index is 740. The number of hydrogen-bond donors (Lipinski definition) is 1. The van der Waals surface area contributed by atoms with Gasteiger partial charge in [0.2, 0.25) is 5.91 Å². The van der Waals surface area contributed by atoms with Crippen LogP contribution in [0.4, 0.5) is 13.2 Å². The Morgan fingerprint density at radius 2 is 1.80 bits per heavy atom. The highest BCUT2D eigenvalue weighted by atomic mass is 19.4. The van der Waals surface area contributed by atoms with Gasteiger partial charge in [0.25, 0.3) is 0 Å². The van der Waals surface area contributed by atoms with Crippen LogP contribution < -0.4 is 14.8 Å². The second-order valence-corrected chi connectivity index (χ2v) is 4.98. The van der Waals surface area contributed by atoms with Crippen LogP contribution in [0.5, 0.6) is 11.5 Å². The standard InChI is InChI=1S/C18H16F3NO3/c1-24-16-5-3-2-4-14(16)8-11-17(23)22-12-13-6-9-15(10-7-13)25-18(19,20)21/h2-11H,12H2,1H3,(H,22,23)/b11-8+. The molecule has 0 aliphatic carbocycles. The van der Waals surface area contributed by atoms with Gasteiger partial charge in [0.05, 0.1) is 7.11 Å². The Morgan fingerprint density at radius 1 is 1.12 bits per heavy atom. The van der Waals surface area contributed by atoms with Gasteiger partial charge in [-0.05, 0) is 29.8 Å². The van der Waals surface area contributed by atoms with Crippen LogP contribution in [-0.4, -0.2) is 19.4 Å². The summed E-state index contributed by atoms with van der Waals surface area (Å²) in [6, 6.07) is 12.5. The summed E-state index contributed by atoms with van der Waals surface area (Å²) in [5, 5.41) is 2.64. The van der Waals surface area contributed by atoms with Gasteiger partial charge in [0.1, 0.15) is 11.5 Å². The van der Waals surface area contributed by atoms with Crippen LogP contribution in [0.25, 0.3) is 6.08 Å². The molecule has 0 radical (unpaired) electrons. The van der Waals surface area contributed by atoms with Crippen molar-refractivity contribution in [3.05, 3.63) is 65.7 Å². The van der Waals surface area contributed by atoms with Crippen molar-refractivity contribution in [1.82, 2.24) is 5.32 Å². The van der Waals surface area contributed by atoms with Crippen molar-refractivity contribution in [2.75, 3.05) is 7.11 Å².